The highest BCUT2D eigenvalue weighted by atomic mass is 79.9. The predicted octanol–water partition coefficient (Wildman–Crippen LogP) is 6.63. The molecular weight excluding hydrogens is 532 g/mol. The lowest BCUT2D eigenvalue weighted by Crippen LogP contribution is -2.52. The van der Waals surface area contributed by atoms with Crippen LogP contribution in [0.4, 0.5) is 0 Å². The minimum atomic E-state index is -0.586. The van der Waals surface area contributed by atoms with Crippen molar-refractivity contribution in [3.63, 3.8) is 0 Å². The lowest BCUT2D eigenvalue weighted by atomic mass is 10.0. The zero-order valence-corrected chi connectivity index (χ0v) is 23.4. The van der Waals surface area contributed by atoms with Crippen LogP contribution in [0.3, 0.4) is 0 Å². The van der Waals surface area contributed by atoms with E-state index in [1.54, 1.807) is 16.7 Å². The summed E-state index contributed by atoms with van der Waals surface area (Å²) < 4.78 is 0.983. The van der Waals surface area contributed by atoms with Gasteiger partial charge in [0.05, 0.1) is 0 Å². The van der Waals surface area contributed by atoms with Crippen molar-refractivity contribution in [3.8, 4) is 0 Å². The maximum atomic E-state index is 13.6. The molecule has 190 valence electrons. The molecule has 3 rings (SSSR count). The van der Waals surface area contributed by atoms with Crippen molar-refractivity contribution in [2.24, 2.45) is 0 Å². The molecule has 0 fully saturated rings. The molecule has 0 aliphatic rings. The monoisotopic (exact) mass is 566 g/mol. The molecule has 0 aliphatic heterocycles. The molecule has 36 heavy (non-hydrogen) atoms. The fraction of sp³-hybridized carbons (Fsp3) is 0.333. The number of hydrogen-bond donors (Lipinski definition) is 1. The van der Waals surface area contributed by atoms with E-state index in [9.17, 15) is 9.59 Å². The van der Waals surface area contributed by atoms with E-state index < -0.39 is 6.04 Å². The van der Waals surface area contributed by atoms with Crippen molar-refractivity contribution in [2.75, 3.05) is 5.75 Å². The average Bonchev–Trinajstić information content (AvgIpc) is 2.90. The highest BCUT2D eigenvalue weighted by Gasteiger charge is 2.30. The number of carbonyl (C=O) groups is 2. The number of halogens is 1. The van der Waals surface area contributed by atoms with Gasteiger partial charge in [-0.3, -0.25) is 9.59 Å². The SMILES string of the molecule is CC[C@@H](C)NC(=O)[C@@H](Cc1ccccc1)N(Cc1ccc(Br)cc1)C(=O)CCSCc1ccccc1. The largest absolute Gasteiger partial charge is 0.352 e. The second-order valence-electron chi connectivity index (χ2n) is 8.96. The Kier molecular flexibility index (Phi) is 11.6. The number of nitrogens with zero attached hydrogens (tertiary/aromatic N) is 1. The molecule has 0 heterocycles. The Balaban J connectivity index is 1.80. The van der Waals surface area contributed by atoms with E-state index in [1.165, 1.54) is 5.56 Å². The molecule has 2 atom stereocenters. The maximum absolute atomic E-state index is 13.6. The second kappa shape index (κ2) is 14.9. The van der Waals surface area contributed by atoms with Crippen LogP contribution in [0.2, 0.25) is 0 Å². The van der Waals surface area contributed by atoms with Crippen molar-refractivity contribution < 1.29 is 9.59 Å². The molecule has 1 N–H and O–H groups in total. The van der Waals surface area contributed by atoms with Crippen molar-refractivity contribution in [3.05, 3.63) is 106 Å². The molecule has 3 aromatic carbocycles. The predicted molar refractivity (Wildman–Crippen MR) is 154 cm³/mol. The molecule has 4 nitrogen and oxygen atoms in total. The highest BCUT2D eigenvalue weighted by molar-refractivity contribution is 9.10. The number of nitrogens with one attached hydrogen (secondary N) is 1. The van der Waals surface area contributed by atoms with Crippen LogP contribution in [-0.4, -0.2) is 34.6 Å². The van der Waals surface area contributed by atoms with Gasteiger partial charge >= 0.3 is 0 Å². The second-order valence-corrected chi connectivity index (χ2v) is 11.0. The first kappa shape index (κ1) is 28.0. The normalized spacial score (nSPS) is 12.5. The molecular formula is C30H35BrN2O2S. The van der Waals surface area contributed by atoms with Crippen molar-refractivity contribution in [2.45, 2.75) is 57.5 Å². The van der Waals surface area contributed by atoms with Gasteiger partial charge in [0.2, 0.25) is 11.8 Å². The number of benzene rings is 3. The van der Waals surface area contributed by atoms with Crippen LogP contribution in [0.25, 0.3) is 0 Å². The van der Waals surface area contributed by atoms with Crippen LogP contribution in [0.5, 0.6) is 0 Å². The molecule has 6 heteroatoms. The van der Waals surface area contributed by atoms with Crippen LogP contribution < -0.4 is 5.32 Å². The van der Waals surface area contributed by atoms with Crippen molar-refractivity contribution >= 4 is 39.5 Å². The summed E-state index contributed by atoms with van der Waals surface area (Å²) in [6.45, 7) is 4.44. The first-order chi connectivity index (χ1) is 17.5. The number of thioether (sulfide) groups is 1. The summed E-state index contributed by atoms with van der Waals surface area (Å²) in [6.07, 6.45) is 1.69. The van der Waals surface area contributed by atoms with Crippen LogP contribution in [0.15, 0.2) is 89.4 Å². The first-order valence-electron chi connectivity index (χ1n) is 12.5. The van der Waals surface area contributed by atoms with Crippen LogP contribution in [0.1, 0.15) is 43.4 Å². The Hall–Kier alpha value is -2.57. The molecule has 0 saturated carbocycles. The fourth-order valence-electron chi connectivity index (χ4n) is 3.85. The zero-order valence-electron chi connectivity index (χ0n) is 21.0. The van der Waals surface area contributed by atoms with Gasteiger partial charge in [-0.2, -0.15) is 11.8 Å². The molecule has 0 aliphatic carbocycles. The zero-order chi connectivity index (χ0) is 25.8. The number of rotatable bonds is 13. The Morgan fingerprint density at radius 2 is 1.50 bits per heavy atom. The molecule has 0 unspecified atom stereocenters. The quantitative estimate of drug-likeness (QED) is 0.236. The fourth-order valence-corrected chi connectivity index (χ4v) is 5.00. The maximum Gasteiger partial charge on any atom is 0.243 e. The Morgan fingerprint density at radius 3 is 2.11 bits per heavy atom. The van der Waals surface area contributed by atoms with E-state index >= 15 is 0 Å². The standard InChI is InChI=1S/C30H35BrN2O2S/c1-3-23(2)32-30(35)28(20-24-10-6-4-7-11-24)33(21-25-14-16-27(31)17-15-25)29(34)18-19-36-22-26-12-8-5-9-13-26/h4-17,23,28H,3,18-22H2,1-2H3,(H,32,35)/t23-,28-/m1/s1. The van der Waals surface area contributed by atoms with E-state index in [4.69, 9.17) is 0 Å². The molecule has 3 aromatic rings. The summed E-state index contributed by atoms with van der Waals surface area (Å²) >= 11 is 5.23. The summed E-state index contributed by atoms with van der Waals surface area (Å²) in [5.74, 6) is 1.47. The summed E-state index contributed by atoms with van der Waals surface area (Å²) in [6, 6.07) is 27.6. The average molecular weight is 568 g/mol. The van der Waals surface area contributed by atoms with Crippen LogP contribution in [-0.2, 0) is 28.3 Å². The van der Waals surface area contributed by atoms with Crippen LogP contribution >= 0.6 is 27.7 Å². The molecule has 0 spiro atoms. The molecule has 0 bridgehead atoms. The van der Waals surface area contributed by atoms with Gasteiger partial charge < -0.3 is 10.2 Å². The molecule has 0 aromatic heterocycles. The third-order valence-electron chi connectivity index (χ3n) is 6.11. The minimum Gasteiger partial charge on any atom is -0.352 e. The lowest BCUT2D eigenvalue weighted by molar-refractivity contribution is -0.141. The summed E-state index contributed by atoms with van der Waals surface area (Å²) in [7, 11) is 0. The lowest BCUT2D eigenvalue weighted by Gasteiger charge is -2.32. The van der Waals surface area contributed by atoms with E-state index in [2.05, 4.69) is 33.4 Å². The van der Waals surface area contributed by atoms with E-state index in [0.29, 0.717) is 25.1 Å². The van der Waals surface area contributed by atoms with Gasteiger partial charge in [0.15, 0.2) is 0 Å². The summed E-state index contributed by atoms with van der Waals surface area (Å²) in [4.78, 5) is 28.9. The van der Waals surface area contributed by atoms with Crippen LogP contribution in [0, 0.1) is 0 Å². The van der Waals surface area contributed by atoms with Gasteiger partial charge in [0, 0.05) is 41.4 Å². The van der Waals surface area contributed by atoms with E-state index in [0.717, 1.165) is 27.8 Å². The third-order valence-corrected chi connectivity index (χ3v) is 7.67. The molecule has 0 radical (unpaired) electrons. The van der Waals surface area contributed by atoms with Gasteiger partial charge in [-0.05, 0) is 42.2 Å². The highest BCUT2D eigenvalue weighted by Crippen LogP contribution is 2.20. The van der Waals surface area contributed by atoms with Crippen molar-refractivity contribution in [1.29, 1.82) is 0 Å². The summed E-state index contributed by atoms with van der Waals surface area (Å²) in [5.41, 5.74) is 3.28. The minimum absolute atomic E-state index is 0.00119. The van der Waals surface area contributed by atoms with Gasteiger partial charge in [-0.25, -0.2) is 0 Å². The molecule has 2 amide bonds. The number of amides is 2. The van der Waals surface area contributed by atoms with E-state index in [-0.39, 0.29) is 17.9 Å². The smallest absolute Gasteiger partial charge is 0.243 e. The number of hydrogen-bond acceptors (Lipinski definition) is 3. The van der Waals surface area contributed by atoms with Gasteiger partial charge in [-0.1, -0.05) is 95.7 Å². The van der Waals surface area contributed by atoms with Gasteiger partial charge in [-0.15, -0.1) is 0 Å². The topological polar surface area (TPSA) is 49.4 Å². The Morgan fingerprint density at radius 1 is 0.889 bits per heavy atom. The van der Waals surface area contributed by atoms with Gasteiger partial charge in [0.25, 0.3) is 0 Å². The van der Waals surface area contributed by atoms with Gasteiger partial charge in [0.1, 0.15) is 6.04 Å². The van der Waals surface area contributed by atoms with Crippen molar-refractivity contribution in [1.82, 2.24) is 10.2 Å². The summed E-state index contributed by atoms with van der Waals surface area (Å²) in [5, 5.41) is 3.12. The van der Waals surface area contributed by atoms with E-state index in [1.807, 2.05) is 86.6 Å². The number of carbonyl (C=O) groups excluding carboxylic acids is 2. The first-order valence-corrected chi connectivity index (χ1v) is 14.4. The molecule has 0 saturated heterocycles. The Labute approximate surface area is 228 Å². The Bertz CT molecular complexity index is 1080. The third kappa shape index (κ3) is 9.14.